The molecule has 1 rings (SSSR count). The van der Waals surface area contributed by atoms with Gasteiger partial charge in [-0.3, -0.25) is 4.79 Å². The van der Waals surface area contributed by atoms with E-state index in [1.165, 1.54) is 0 Å². The molecule has 0 aliphatic carbocycles. The lowest BCUT2D eigenvalue weighted by atomic mass is 10.3. The summed E-state index contributed by atoms with van der Waals surface area (Å²) >= 11 is 3.81. The first-order valence-electron chi connectivity index (χ1n) is 3.21. The van der Waals surface area contributed by atoms with Crippen LogP contribution in [0.5, 0.6) is 0 Å². The Bertz CT molecular complexity index is 220. The van der Waals surface area contributed by atoms with Gasteiger partial charge in [-0.25, -0.2) is 0 Å². The molecule has 0 unspecified atom stereocenters. The molecule has 11 heavy (non-hydrogen) atoms. The van der Waals surface area contributed by atoms with Crippen LogP contribution >= 0.6 is 12.6 Å². The predicted molar refractivity (Wildman–Crippen MR) is 44.4 cm³/mol. The van der Waals surface area contributed by atoms with E-state index in [0.717, 1.165) is 5.56 Å². The zero-order chi connectivity index (χ0) is 8.10. The lowest BCUT2D eigenvalue weighted by Crippen LogP contribution is -2.23. The van der Waals surface area contributed by atoms with E-state index in [1.54, 1.807) is 18.6 Å². The van der Waals surface area contributed by atoms with Crippen molar-refractivity contribution in [2.24, 2.45) is 0 Å². The topological polar surface area (TPSA) is 42.2 Å². The van der Waals surface area contributed by atoms with Crippen LogP contribution in [0.1, 0.15) is 5.56 Å². The first kappa shape index (κ1) is 8.20. The monoisotopic (exact) mass is 171 g/mol. The highest BCUT2D eigenvalue weighted by molar-refractivity contribution is 7.81. The minimum Gasteiger partial charge on any atom is -0.472 e. The SMILES string of the molecule is O=C(CS)NCc1ccoc1. The van der Waals surface area contributed by atoms with Crippen LogP contribution in [0, 0.1) is 0 Å². The molecule has 1 amide bonds. The molecule has 1 N–H and O–H groups in total. The maximum absolute atomic E-state index is 10.7. The second-order valence-corrected chi connectivity index (χ2v) is 2.38. The van der Waals surface area contributed by atoms with Crippen LogP contribution in [0.2, 0.25) is 0 Å². The third-order valence-electron chi connectivity index (χ3n) is 1.21. The van der Waals surface area contributed by atoms with Crippen molar-refractivity contribution in [1.82, 2.24) is 5.32 Å². The lowest BCUT2D eigenvalue weighted by molar-refractivity contribution is -0.118. The average molecular weight is 171 g/mol. The predicted octanol–water partition coefficient (Wildman–Crippen LogP) is 0.826. The molecule has 0 atom stereocenters. The third-order valence-corrected chi connectivity index (χ3v) is 1.50. The summed E-state index contributed by atoms with van der Waals surface area (Å²) in [7, 11) is 0. The normalized spacial score (nSPS) is 9.55. The smallest absolute Gasteiger partial charge is 0.229 e. The van der Waals surface area contributed by atoms with Gasteiger partial charge in [0.1, 0.15) is 0 Å². The molecule has 0 saturated heterocycles. The Labute approximate surface area is 70.2 Å². The summed E-state index contributed by atoms with van der Waals surface area (Å²) in [5.74, 6) is 0.146. The third kappa shape index (κ3) is 2.67. The van der Waals surface area contributed by atoms with Gasteiger partial charge in [0, 0.05) is 12.1 Å². The highest BCUT2D eigenvalue weighted by Crippen LogP contribution is 1.97. The lowest BCUT2D eigenvalue weighted by Gasteiger charge is -1.98. The molecule has 0 aliphatic rings. The number of hydrogen-bond acceptors (Lipinski definition) is 3. The summed E-state index contributed by atoms with van der Waals surface area (Å²) in [4.78, 5) is 10.7. The van der Waals surface area contributed by atoms with Gasteiger partial charge in [-0.05, 0) is 6.07 Å². The standard InChI is InChI=1S/C7H9NO2S/c9-7(5-11)8-3-6-1-2-10-4-6/h1-2,4,11H,3,5H2,(H,8,9). The molecule has 1 aromatic rings. The van der Waals surface area contributed by atoms with Gasteiger partial charge in [-0.1, -0.05) is 0 Å². The number of rotatable bonds is 3. The van der Waals surface area contributed by atoms with E-state index in [-0.39, 0.29) is 11.7 Å². The Morgan fingerprint density at radius 2 is 2.55 bits per heavy atom. The largest absolute Gasteiger partial charge is 0.472 e. The highest BCUT2D eigenvalue weighted by Gasteiger charge is 1.97. The molecule has 1 aromatic heterocycles. The van der Waals surface area contributed by atoms with Crippen LogP contribution in [-0.2, 0) is 11.3 Å². The van der Waals surface area contributed by atoms with Crippen LogP contribution in [-0.4, -0.2) is 11.7 Å². The number of furan rings is 1. The van der Waals surface area contributed by atoms with E-state index in [4.69, 9.17) is 4.42 Å². The molecule has 0 saturated carbocycles. The van der Waals surface area contributed by atoms with E-state index in [9.17, 15) is 4.79 Å². The van der Waals surface area contributed by atoms with Crippen molar-refractivity contribution in [1.29, 1.82) is 0 Å². The first-order valence-corrected chi connectivity index (χ1v) is 3.85. The fraction of sp³-hybridized carbons (Fsp3) is 0.286. The number of carbonyl (C=O) groups excluding carboxylic acids is 1. The maximum atomic E-state index is 10.7. The van der Waals surface area contributed by atoms with E-state index in [0.29, 0.717) is 6.54 Å². The van der Waals surface area contributed by atoms with Crippen LogP contribution in [0.25, 0.3) is 0 Å². The number of hydrogen-bond donors (Lipinski definition) is 2. The molecule has 0 fully saturated rings. The quantitative estimate of drug-likeness (QED) is 0.661. The minimum atomic E-state index is -0.0745. The van der Waals surface area contributed by atoms with Crippen LogP contribution in [0.4, 0.5) is 0 Å². The van der Waals surface area contributed by atoms with Crippen molar-refractivity contribution in [3.05, 3.63) is 24.2 Å². The van der Waals surface area contributed by atoms with Crippen molar-refractivity contribution in [2.75, 3.05) is 5.75 Å². The fourth-order valence-electron chi connectivity index (χ4n) is 0.650. The van der Waals surface area contributed by atoms with Gasteiger partial charge in [0.05, 0.1) is 18.3 Å². The zero-order valence-electron chi connectivity index (χ0n) is 5.91. The number of thiol groups is 1. The molecular formula is C7H9NO2S. The average Bonchev–Trinajstić information content (AvgIpc) is 2.52. The van der Waals surface area contributed by atoms with Crippen LogP contribution < -0.4 is 5.32 Å². The Morgan fingerprint density at radius 1 is 1.73 bits per heavy atom. The maximum Gasteiger partial charge on any atom is 0.229 e. The van der Waals surface area contributed by atoms with Crippen molar-refractivity contribution in [3.8, 4) is 0 Å². The zero-order valence-corrected chi connectivity index (χ0v) is 6.80. The van der Waals surface area contributed by atoms with Gasteiger partial charge in [-0.2, -0.15) is 12.6 Å². The van der Waals surface area contributed by atoms with Gasteiger partial charge in [0.2, 0.25) is 5.91 Å². The van der Waals surface area contributed by atoms with Crippen molar-refractivity contribution in [2.45, 2.75) is 6.54 Å². The Balaban J connectivity index is 2.29. The van der Waals surface area contributed by atoms with Crippen LogP contribution in [0.3, 0.4) is 0 Å². The highest BCUT2D eigenvalue weighted by atomic mass is 32.1. The molecular weight excluding hydrogens is 162 g/mol. The van der Waals surface area contributed by atoms with E-state index in [1.807, 2.05) is 0 Å². The first-order chi connectivity index (χ1) is 5.33. The molecule has 0 radical (unpaired) electrons. The Hall–Kier alpha value is -0.900. The van der Waals surface area contributed by atoms with Crippen molar-refractivity contribution in [3.63, 3.8) is 0 Å². The molecule has 0 bridgehead atoms. The molecule has 0 spiro atoms. The van der Waals surface area contributed by atoms with E-state index < -0.39 is 0 Å². The van der Waals surface area contributed by atoms with Gasteiger partial charge in [0.25, 0.3) is 0 Å². The van der Waals surface area contributed by atoms with Gasteiger partial charge in [0.15, 0.2) is 0 Å². The summed E-state index contributed by atoms with van der Waals surface area (Å²) in [5.41, 5.74) is 0.958. The number of amides is 1. The fourth-order valence-corrected chi connectivity index (χ4v) is 0.762. The summed E-state index contributed by atoms with van der Waals surface area (Å²) in [6.45, 7) is 0.510. The summed E-state index contributed by atoms with van der Waals surface area (Å²) < 4.78 is 4.81. The molecule has 1 heterocycles. The molecule has 0 aliphatic heterocycles. The van der Waals surface area contributed by atoms with Gasteiger partial charge < -0.3 is 9.73 Å². The van der Waals surface area contributed by atoms with Crippen LogP contribution in [0.15, 0.2) is 23.0 Å². The summed E-state index contributed by atoms with van der Waals surface area (Å²) in [6, 6.07) is 1.80. The van der Waals surface area contributed by atoms with Gasteiger partial charge in [-0.15, -0.1) is 0 Å². The van der Waals surface area contributed by atoms with Crippen molar-refractivity contribution < 1.29 is 9.21 Å². The van der Waals surface area contributed by atoms with E-state index >= 15 is 0 Å². The molecule has 4 heteroatoms. The second kappa shape index (κ2) is 4.08. The number of carbonyl (C=O) groups is 1. The van der Waals surface area contributed by atoms with E-state index in [2.05, 4.69) is 17.9 Å². The van der Waals surface area contributed by atoms with Gasteiger partial charge >= 0.3 is 0 Å². The Morgan fingerprint density at radius 3 is 3.09 bits per heavy atom. The van der Waals surface area contributed by atoms with Crippen molar-refractivity contribution >= 4 is 18.5 Å². The Kier molecular flexibility index (Phi) is 3.04. The second-order valence-electron chi connectivity index (χ2n) is 2.07. The molecule has 60 valence electrons. The molecule has 3 nitrogen and oxygen atoms in total. The minimum absolute atomic E-state index is 0.0745. The molecule has 0 aromatic carbocycles. The summed E-state index contributed by atoms with van der Waals surface area (Å²) in [6.07, 6.45) is 3.17. The summed E-state index contributed by atoms with van der Waals surface area (Å²) in [5, 5.41) is 2.66. The number of nitrogens with one attached hydrogen (secondary N) is 1.